The average molecular weight is 265 g/mol. The largest absolute Gasteiger partial charge is 0.481 e. The van der Waals surface area contributed by atoms with Crippen LogP contribution in [0.4, 0.5) is 0 Å². The third kappa shape index (κ3) is 2.77. The van der Waals surface area contributed by atoms with Crippen molar-refractivity contribution in [2.24, 2.45) is 13.0 Å². The number of nitrogens with zero attached hydrogens (tertiary/aromatic N) is 3. The van der Waals surface area contributed by atoms with Crippen LogP contribution in [-0.2, 0) is 18.3 Å². The van der Waals surface area contributed by atoms with E-state index in [2.05, 4.69) is 5.10 Å². The van der Waals surface area contributed by atoms with E-state index < -0.39 is 5.97 Å². The van der Waals surface area contributed by atoms with E-state index in [0.717, 1.165) is 12.1 Å². The van der Waals surface area contributed by atoms with Gasteiger partial charge in [-0.2, -0.15) is 5.10 Å². The van der Waals surface area contributed by atoms with E-state index in [9.17, 15) is 9.59 Å². The molecule has 19 heavy (non-hydrogen) atoms. The zero-order valence-corrected chi connectivity index (χ0v) is 11.3. The Morgan fingerprint density at radius 3 is 2.53 bits per heavy atom. The van der Waals surface area contributed by atoms with E-state index in [4.69, 9.17) is 5.11 Å². The van der Waals surface area contributed by atoms with Crippen LogP contribution < -0.4 is 0 Å². The normalized spacial score (nSPS) is 16.6. The maximum atomic E-state index is 12.3. The summed E-state index contributed by atoms with van der Waals surface area (Å²) in [5.41, 5.74) is 1.47. The van der Waals surface area contributed by atoms with Crippen molar-refractivity contribution in [2.45, 2.75) is 26.2 Å². The van der Waals surface area contributed by atoms with Gasteiger partial charge in [0.1, 0.15) is 5.69 Å². The molecule has 1 aliphatic heterocycles. The van der Waals surface area contributed by atoms with E-state index in [1.807, 2.05) is 13.0 Å². The Kier molecular flexibility index (Phi) is 3.87. The van der Waals surface area contributed by atoms with Gasteiger partial charge >= 0.3 is 5.97 Å². The summed E-state index contributed by atoms with van der Waals surface area (Å²) in [5.74, 6) is -1.14. The maximum Gasteiger partial charge on any atom is 0.306 e. The van der Waals surface area contributed by atoms with Gasteiger partial charge < -0.3 is 10.0 Å². The van der Waals surface area contributed by atoms with Gasteiger partial charge in [-0.15, -0.1) is 0 Å². The Hall–Kier alpha value is -1.85. The van der Waals surface area contributed by atoms with Crippen LogP contribution >= 0.6 is 0 Å². The quantitative estimate of drug-likeness (QED) is 0.881. The lowest BCUT2D eigenvalue weighted by molar-refractivity contribution is -0.143. The highest BCUT2D eigenvalue weighted by Crippen LogP contribution is 2.19. The molecule has 1 amide bonds. The fraction of sp³-hybridized carbons (Fsp3) is 0.615. The van der Waals surface area contributed by atoms with E-state index >= 15 is 0 Å². The molecular formula is C13H19N3O3. The van der Waals surface area contributed by atoms with Gasteiger partial charge in [-0.05, 0) is 25.3 Å². The van der Waals surface area contributed by atoms with Crippen molar-refractivity contribution >= 4 is 11.9 Å². The zero-order valence-electron chi connectivity index (χ0n) is 11.3. The number of piperidine rings is 1. The van der Waals surface area contributed by atoms with Gasteiger partial charge in [0.25, 0.3) is 5.91 Å². The van der Waals surface area contributed by atoms with Gasteiger partial charge in [-0.25, -0.2) is 0 Å². The van der Waals surface area contributed by atoms with Crippen molar-refractivity contribution in [1.82, 2.24) is 14.7 Å². The van der Waals surface area contributed by atoms with Crippen molar-refractivity contribution in [3.05, 3.63) is 17.5 Å². The number of carboxylic acid groups (broad SMARTS) is 1. The molecule has 104 valence electrons. The lowest BCUT2D eigenvalue weighted by atomic mass is 9.97. The second-order valence-corrected chi connectivity index (χ2v) is 4.90. The van der Waals surface area contributed by atoms with E-state index in [0.29, 0.717) is 31.6 Å². The topological polar surface area (TPSA) is 75.4 Å². The standard InChI is InChI=1S/C13H19N3O3/c1-3-10-8-11(15(2)14-10)12(17)16-6-4-9(5-7-16)13(18)19/h8-9H,3-7H2,1-2H3,(H,18,19). The molecule has 2 rings (SSSR count). The van der Waals surface area contributed by atoms with E-state index in [1.54, 1.807) is 16.6 Å². The molecule has 6 heteroatoms. The highest BCUT2D eigenvalue weighted by Gasteiger charge is 2.28. The number of amides is 1. The molecule has 6 nitrogen and oxygen atoms in total. The monoisotopic (exact) mass is 265 g/mol. The van der Waals surface area contributed by atoms with Crippen LogP contribution in [0.15, 0.2) is 6.07 Å². The van der Waals surface area contributed by atoms with Crippen molar-refractivity contribution in [2.75, 3.05) is 13.1 Å². The average Bonchev–Trinajstić information content (AvgIpc) is 2.79. The first-order chi connectivity index (χ1) is 9.02. The SMILES string of the molecule is CCc1cc(C(=O)N2CCC(C(=O)O)CC2)n(C)n1. The molecule has 0 radical (unpaired) electrons. The summed E-state index contributed by atoms with van der Waals surface area (Å²) in [6.07, 6.45) is 1.85. The predicted molar refractivity (Wildman–Crippen MR) is 68.8 cm³/mol. The molecular weight excluding hydrogens is 246 g/mol. The maximum absolute atomic E-state index is 12.3. The van der Waals surface area contributed by atoms with E-state index in [-0.39, 0.29) is 11.8 Å². The molecule has 1 aliphatic rings. The number of rotatable bonds is 3. The van der Waals surface area contributed by atoms with Crippen LogP contribution in [0.2, 0.25) is 0 Å². The smallest absolute Gasteiger partial charge is 0.306 e. The van der Waals surface area contributed by atoms with Crippen LogP contribution in [-0.4, -0.2) is 44.8 Å². The Morgan fingerprint density at radius 1 is 1.42 bits per heavy atom. The summed E-state index contributed by atoms with van der Waals surface area (Å²) in [5, 5.41) is 13.2. The Bertz CT molecular complexity index is 487. The summed E-state index contributed by atoms with van der Waals surface area (Å²) < 4.78 is 1.60. The van der Waals surface area contributed by atoms with Gasteiger partial charge in [-0.1, -0.05) is 6.92 Å². The fourth-order valence-corrected chi connectivity index (χ4v) is 2.39. The molecule has 1 fully saturated rings. The van der Waals surface area contributed by atoms with Crippen LogP contribution in [0, 0.1) is 5.92 Å². The summed E-state index contributed by atoms with van der Waals surface area (Å²) in [4.78, 5) is 24.9. The van der Waals surface area contributed by atoms with Gasteiger partial charge in [-0.3, -0.25) is 14.3 Å². The number of carbonyl (C=O) groups is 2. The zero-order chi connectivity index (χ0) is 14.0. The third-order valence-corrected chi connectivity index (χ3v) is 3.64. The van der Waals surface area contributed by atoms with Crippen molar-refractivity contribution < 1.29 is 14.7 Å². The lowest BCUT2D eigenvalue weighted by Crippen LogP contribution is -2.40. The number of likely N-dealkylation sites (tertiary alicyclic amines) is 1. The molecule has 2 heterocycles. The van der Waals surface area contributed by atoms with Gasteiger partial charge in [0, 0.05) is 20.1 Å². The first-order valence-corrected chi connectivity index (χ1v) is 6.58. The van der Waals surface area contributed by atoms with Crippen LogP contribution in [0.5, 0.6) is 0 Å². The van der Waals surface area contributed by atoms with Gasteiger partial charge in [0.15, 0.2) is 0 Å². The summed E-state index contributed by atoms with van der Waals surface area (Å²) >= 11 is 0. The third-order valence-electron chi connectivity index (χ3n) is 3.64. The van der Waals surface area contributed by atoms with E-state index in [1.165, 1.54) is 0 Å². The molecule has 0 atom stereocenters. The molecule has 0 aromatic carbocycles. The van der Waals surface area contributed by atoms with Crippen molar-refractivity contribution in [3.8, 4) is 0 Å². The molecule has 0 spiro atoms. The highest BCUT2D eigenvalue weighted by atomic mass is 16.4. The first kappa shape index (κ1) is 13.6. The first-order valence-electron chi connectivity index (χ1n) is 6.58. The van der Waals surface area contributed by atoms with Crippen molar-refractivity contribution in [3.63, 3.8) is 0 Å². The predicted octanol–water partition coefficient (Wildman–Crippen LogP) is 0.919. The summed E-state index contributed by atoms with van der Waals surface area (Å²) in [6.45, 7) is 3.00. The second kappa shape index (κ2) is 5.42. The van der Waals surface area contributed by atoms with Crippen molar-refractivity contribution in [1.29, 1.82) is 0 Å². The number of carboxylic acids is 1. The fourth-order valence-electron chi connectivity index (χ4n) is 2.39. The number of aliphatic carboxylic acids is 1. The minimum absolute atomic E-state index is 0.0569. The number of hydrogen-bond donors (Lipinski definition) is 1. The van der Waals surface area contributed by atoms with Crippen LogP contribution in [0.3, 0.4) is 0 Å². The number of hydrogen-bond acceptors (Lipinski definition) is 3. The second-order valence-electron chi connectivity index (χ2n) is 4.90. The molecule has 1 saturated heterocycles. The van der Waals surface area contributed by atoms with Crippen LogP contribution in [0.1, 0.15) is 35.9 Å². The Labute approximate surface area is 112 Å². The lowest BCUT2D eigenvalue weighted by Gasteiger charge is -2.29. The number of aryl methyl sites for hydroxylation is 2. The molecule has 0 saturated carbocycles. The molecule has 0 aliphatic carbocycles. The Morgan fingerprint density at radius 2 is 2.05 bits per heavy atom. The molecule has 1 N–H and O–H groups in total. The Balaban J connectivity index is 2.05. The minimum Gasteiger partial charge on any atom is -0.481 e. The summed E-state index contributed by atoms with van der Waals surface area (Å²) in [6, 6.07) is 1.81. The van der Waals surface area contributed by atoms with Gasteiger partial charge in [0.05, 0.1) is 11.6 Å². The number of aromatic nitrogens is 2. The molecule has 1 aromatic rings. The summed E-state index contributed by atoms with van der Waals surface area (Å²) in [7, 11) is 1.76. The van der Waals surface area contributed by atoms with Crippen LogP contribution in [0.25, 0.3) is 0 Å². The molecule has 0 bridgehead atoms. The molecule has 1 aromatic heterocycles. The number of carbonyl (C=O) groups excluding carboxylic acids is 1. The van der Waals surface area contributed by atoms with Gasteiger partial charge in [0.2, 0.25) is 0 Å². The highest BCUT2D eigenvalue weighted by molar-refractivity contribution is 5.92. The molecule has 0 unspecified atom stereocenters. The minimum atomic E-state index is -0.763.